The van der Waals surface area contributed by atoms with Crippen molar-refractivity contribution >= 4 is 33.6 Å². The molecule has 0 radical (unpaired) electrons. The summed E-state index contributed by atoms with van der Waals surface area (Å²) in [6.45, 7) is 5.07. The van der Waals surface area contributed by atoms with Crippen LogP contribution in [0.5, 0.6) is 5.75 Å². The van der Waals surface area contributed by atoms with Crippen LogP contribution in [0, 0.1) is 12.8 Å². The first kappa shape index (κ1) is 20.4. The maximum absolute atomic E-state index is 12.3. The summed E-state index contributed by atoms with van der Waals surface area (Å²) in [4.78, 5) is 35.6. The van der Waals surface area contributed by atoms with E-state index in [1.807, 2.05) is 26.0 Å². The Morgan fingerprint density at radius 2 is 1.79 bits per heavy atom. The molecule has 3 rings (SSSR count). The van der Waals surface area contributed by atoms with Crippen molar-refractivity contribution in [3.05, 3.63) is 52.4 Å². The lowest BCUT2D eigenvalue weighted by molar-refractivity contribution is -0.308. The van der Waals surface area contributed by atoms with Crippen LogP contribution >= 0.6 is 0 Å². The number of carbonyl (C=O) groups excluding carboxylic acids is 2. The Hall–Kier alpha value is -3.35. The van der Waals surface area contributed by atoms with Crippen molar-refractivity contribution in [1.29, 1.82) is 0 Å². The zero-order valence-corrected chi connectivity index (χ0v) is 16.5. The number of amides is 1. The number of aliphatic carboxylic acids is 1. The quantitative estimate of drug-likeness (QED) is 0.483. The number of hydrogen-bond donors (Lipinski definition) is 1. The fourth-order valence-corrected chi connectivity index (χ4v) is 3.28. The summed E-state index contributed by atoms with van der Waals surface area (Å²) in [7, 11) is 0. The normalized spacial score (nSPS) is 12.3. The lowest BCUT2D eigenvalue weighted by Crippen LogP contribution is -2.49. The van der Waals surface area contributed by atoms with Gasteiger partial charge in [0.05, 0.1) is 17.4 Å². The summed E-state index contributed by atoms with van der Waals surface area (Å²) in [6.07, 6.45) is 0.265. The molecule has 29 heavy (non-hydrogen) atoms. The van der Waals surface area contributed by atoms with Crippen LogP contribution in [0.4, 0.5) is 0 Å². The lowest BCUT2D eigenvalue weighted by Gasteiger charge is -2.21. The molecule has 3 aromatic rings. The van der Waals surface area contributed by atoms with E-state index < -0.39 is 23.5 Å². The van der Waals surface area contributed by atoms with Gasteiger partial charge < -0.3 is 24.4 Å². The Labute approximate surface area is 167 Å². The third kappa shape index (κ3) is 4.39. The Balaban J connectivity index is 1.81. The van der Waals surface area contributed by atoms with E-state index in [4.69, 9.17) is 9.15 Å². The molecule has 2 aromatic carbocycles. The first-order valence-corrected chi connectivity index (χ1v) is 9.36. The van der Waals surface area contributed by atoms with Crippen LogP contribution in [0.25, 0.3) is 21.7 Å². The molecule has 0 spiro atoms. The van der Waals surface area contributed by atoms with E-state index in [1.54, 1.807) is 31.2 Å². The highest BCUT2D eigenvalue weighted by molar-refractivity contribution is 6.05. The fourth-order valence-electron chi connectivity index (χ4n) is 3.28. The molecule has 0 aliphatic carbocycles. The van der Waals surface area contributed by atoms with E-state index in [2.05, 4.69) is 5.32 Å². The van der Waals surface area contributed by atoms with Gasteiger partial charge in [-0.2, -0.15) is 0 Å². The summed E-state index contributed by atoms with van der Waals surface area (Å²) in [5.41, 5.74) is 0.521. The van der Waals surface area contributed by atoms with Crippen molar-refractivity contribution < 1.29 is 23.8 Å². The molecule has 1 heterocycles. The Bertz CT molecular complexity index is 1130. The molecule has 0 bridgehead atoms. The number of ether oxygens (including phenoxy) is 1. The molecule has 0 aliphatic rings. The number of fused-ring (bicyclic) bond motifs is 3. The molecule has 1 aromatic heterocycles. The molecular weight excluding hydrogens is 374 g/mol. The van der Waals surface area contributed by atoms with Crippen LogP contribution in [0.1, 0.15) is 25.8 Å². The number of benzene rings is 2. The maximum Gasteiger partial charge on any atom is 0.344 e. The smallest absolute Gasteiger partial charge is 0.344 e. The van der Waals surface area contributed by atoms with Gasteiger partial charge in [-0.3, -0.25) is 4.79 Å². The van der Waals surface area contributed by atoms with E-state index >= 15 is 0 Å². The number of carbonyl (C=O) groups is 2. The topological polar surface area (TPSA) is 109 Å². The van der Waals surface area contributed by atoms with Crippen molar-refractivity contribution in [2.75, 3.05) is 6.61 Å². The third-order valence-electron chi connectivity index (χ3n) is 4.67. The largest absolute Gasteiger partial charge is 0.548 e. The predicted molar refractivity (Wildman–Crippen MR) is 107 cm³/mol. The SMILES string of the molecule is Cc1c(OCC(=O)N[C@@H](CC(C)C)C(=O)[O-])ccc2c1oc(=O)c1ccccc12. The summed E-state index contributed by atoms with van der Waals surface area (Å²) in [6, 6.07) is 9.55. The third-order valence-corrected chi connectivity index (χ3v) is 4.67. The molecule has 0 aliphatic heterocycles. The molecule has 1 N–H and O–H groups in total. The van der Waals surface area contributed by atoms with Crippen LogP contribution in [0.3, 0.4) is 0 Å². The number of hydrogen-bond acceptors (Lipinski definition) is 6. The first-order valence-electron chi connectivity index (χ1n) is 9.36. The second-order valence-corrected chi connectivity index (χ2v) is 7.36. The number of carboxylic acid groups (broad SMARTS) is 1. The molecule has 0 unspecified atom stereocenters. The van der Waals surface area contributed by atoms with Crippen molar-refractivity contribution in [3.63, 3.8) is 0 Å². The summed E-state index contributed by atoms with van der Waals surface area (Å²) >= 11 is 0. The minimum absolute atomic E-state index is 0.0829. The van der Waals surface area contributed by atoms with E-state index in [0.29, 0.717) is 22.3 Å². The first-order chi connectivity index (χ1) is 13.8. The number of rotatable bonds is 7. The average Bonchev–Trinajstić information content (AvgIpc) is 2.67. The molecule has 0 fully saturated rings. The average molecular weight is 396 g/mol. The van der Waals surface area contributed by atoms with Crippen molar-refractivity contribution in [3.8, 4) is 5.75 Å². The summed E-state index contributed by atoms with van der Waals surface area (Å²) in [5.74, 6) is -1.44. The van der Waals surface area contributed by atoms with Gasteiger partial charge in [0, 0.05) is 10.9 Å². The minimum atomic E-state index is -1.33. The highest BCUT2D eigenvalue weighted by Crippen LogP contribution is 2.30. The second kappa shape index (κ2) is 8.34. The number of nitrogens with one attached hydrogen (secondary N) is 1. The van der Waals surface area contributed by atoms with Crippen LogP contribution in [-0.4, -0.2) is 24.5 Å². The van der Waals surface area contributed by atoms with Gasteiger partial charge in [-0.05, 0) is 42.8 Å². The van der Waals surface area contributed by atoms with E-state index in [0.717, 1.165) is 10.8 Å². The standard InChI is InChI=1S/C22H23NO6/c1-12(2)10-17(21(25)26)23-19(24)11-28-18-9-8-15-14-6-4-5-7-16(14)22(27)29-20(15)13(18)3/h4-9,12,17H,10-11H2,1-3H3,(H,23,24)(H,25,26)/p-1/t17-/m0/s1. The molecule has 1 amide bonds. The molecule has 152 valence electrons. The number of aryl methyl sites for hydroxylation is 1. The van der Waals surface area contributed by atoms with Crippen LogP contribution in [0.2, 0.25) is 0 Å². The monoisotopic (exact) mass is 396 g/mol. The predicted octanol–water partition coefficient (Wildman–Crippen LogP) is 1.91. The van der Waals surface area contributed by atoms with E-state index in [1.165, 1.54) is 0 Å². The zero-order chi connectivity index (χ0) is 21.1. The molecule has 7 heteroatoms. The van der Waals surface area contributed by atoms with Gasteiger partial charge in [0.25, 0.3) is 5.91 Å². The van der Waals surface area contributed by atoms with Crippen molar-refractivity contribution in [2.45, 2.75) is 33.2 Å². The van der Waals surface area contributed by atoms with Gasteiger partial charge in [0.1, 0.15) is 11.3 Å². The molecule has 1 atom stereocenters. The Morgan fingerprint density at radius 1 is 1.10 bits per heavy atom. The fraction of sp³-hybridized carbons (Fsp3) is 0.318. The summed E-state index contributed by atoms with van der Waals surface area (Å²) in [5, 5.41) is 15.6. The minimum Gasteiger partial charge on any atom is -0.548 e. The Kier molecular flexibility index (Phi) is 5.87. The highest BCUT2D eigenvalue weighted by atomic mass is 16.5. The van der Waals surface area contributed by atoms with Crippen molar-refractivity contribution in [1.82, 2.24) is 5.32 Å². The maximum atomic E-state index is 12.3. The van der Waals surface area contributed by atoms with Crippen molar-refractivity contribution in [2.24, 2.45) is 5.92 Å². The molecule has 0 saturated carbocycles. The van der Waals surface area contributed by atoms with Crippen LogP contribution in [-0.2, 0) is 9.59 Å². The van der Waals surface area contributed by atoms with Gasteiger partial charge in [-0.1, -0.05) is 32.0 Å². The highest BCUT2D eigenvalue weighted by Gasteiger charge is 2.17. The van der Waals surface area contributed by atoms with Gasteiger partial charge in [-0.15, -0.1) is 0 Å². The lowest BCUT2D eigenvalue weighted by atomic mass is 10.0. The Morgan fingerprint density at radius 3 is 2.45 bits per heavy atom. The van der Waals surface area contributed by atoms with Crippen LogP contribution < -0.4 is 20.8 Å². The molecule has 7 nitrogen and oxygen atoms in total. The molecule has 0 saturated heterocycles. The van der Waals surface area contributed by atoms with E-state index in [9.17, 15) is 19.5 Å². The zero-order valence-electron chi connectivity index (χ0n) is 16.5. The van der Waals surface area contributed by atoms with Crippen LogP contribution in [0.15, 0.2) is 45.6 Å². The second-order valence-electron chi connectivity index (χ2n) is 7.36. The van der Waals surface area contributed by atoms with Gasteiger partial charge in [-0.25, -0.2) is 4.79 Å². The summed E-state index contributed by atoms with van der Waals surface area (Å²) < 4.78 is 11.0. The van der Waals surface area contributed by atoms with E-state index in [-0.39, 0.29) is 18.9 Å². The van der Waals surface area contributed by atoms with Gasteiger partial charge >= 0.3 is 5.63 Å². The molecular formula is C22H22NO6-. The van der Waals surface area contributed by atoms with Gasteiger partial charge in [0.2, 0.25) is 0 Å². The number of carboxylic acids is 1. The van der Waals surface area contributed by atoms with Gasteiger partial charge in [0.15, 0.2) is 6.61 Å².